The minimum Gasteiger partial charge on any atom is -0.310 e. The number of halogens is 1. The van der Waals surface area contributed by atoms with E-state index in [0.29, 0.717) is 17.0 Å². The molecular formula is C15H21ClN4. The molecule has 0 unspecified atom stereocenters. The molecule has 0 radical (unpaired) electrons. The molecule has 0 spiro atoms. The molecule has 5 heteroatoms. The Morgan fingerprint density at radius 3 is 2.55 bits per heavy atom. The van der Waals surface area contributed by atoms with Crippen LogP contribution in [0.5, 0.6) is 0 Å². The predicted octanol–water partition coefficient (Wildman–Crippen LogP) is 3.54. The van der Waals surface area contributed by atoms with Crippen molar-refractivity contribution in [2.45, 2.75) is 46.2 Å². The maximum absolute atomic E-state index is 5.93. The maximum atomic E-state index is 5.93. The summed E-state index contributed by atoms with van der Waals surface area (Å²) in [5.41, 5.74) is 2.27. The van der Waals surface area contributed by atoms with Crippen LogP contribution in [0.2, 0.25) is 5.02 Å². The molecule has 0 aliphatic carbocycles. The van der Waals surface area contributed by atoms with Crippen LogP contribution in [0.3, 0.4) is 0 Å². The number of nitrogens with one attached hydrogen (secondary N) is 1. The summed E-state index contributed by atoms with van der Waals surface area (Å²) in [7, 11) is 0. The lowest BCUT2D eigenvalue weighted by molar-refractivity contribution is 0.587. The smallest absolute Gasteiger partial charge is 0.153 e. The highest BCUT2D eigenvalue weighted by Gasteiger charge is 2.09. The zero-order valence-electron chi connectivity index (χ0n) is 12.4. The molecule has 0 saturated carbocycles. The van der Waals surface area contributed by atoms with E-state index in [0.717, 1.165) is 18.1 Å². The molecule has 0 aliphatic rings. The highest BCUT2D eigenvalue weighted by Crippen LogP contribution is 2.18. The molecule has 0 atom stereocenters. The molecule has 2 heterocycles. The number of hydrogen-bond donors (Lipinski definition) is 1. The molecule has 2 rings (SSSR count). The number of rotatable bonds is 5. The highest BCUT2D eigenvalue weighted by molar-refractivity contribution is 6.30. The second kappa shape index (κ2) is 6.37. The average Bonchev–Trinajstić information content (AvgIpc) is 2.82. The second-order valence-corrected chi connectivity index (χ2v) is 5.99. The van der Waals surface area contributed by atoms with E-state index in [1.807, 2.05) is 6.07 Å². The van der Waals surface area contributed by atoms with Crippen molar-refractivity contribution in [3.63, 3.8) is 0 Å². The fraction of sp³-hybridized carbons (Fsp3) is 0.467. The summed E-state index contributed by atoms with van der Waals surface area (Å²) in [5.74, 6) is 1.18. The summed E-state index contributed by atoms with van der Waals surface area (Å²) in [6, 6.07) is 4.65. The van der Waals surface area contributed by atoms with Gasteiger partial charge in [-0.05, 0) is 23.6 Å². The molecule has 20 heavy (non-hydrogen) atoms. The molecule has 0 aromatic carbocycles. The molecule has 4 nitrogen and oxygen atoms in total. The third kappa shape index (κ3) is 3.81. The van der Waals surface area contributed by atoms with Gasteiger partial charge in [0.15, 0.2) is 5.82 Å². The van der Waals surface area contributed by atoms with Crippen LogP contribution in [-0.4, -0.2) is 20.8 Å². The number of nitrogens with zero attached hydrogens (tertiary/aromatic N) is 3. The van der Waals surface area contributed by atoms with Crippen molar-refractivity contribution < 1.29 is 0 Å². The Labute approximate surface area is 125 Å². The van der Waals surface area contributed by atoms with Crippen molar-refractivity contribution >= 4 is 11.6 Å². The molecule has 2 aromatic rings. The van der Waals surface area contributed by atoms with Crippen LogP contribution in [-0.2, 0) is 6.54 Å². The fourth-order valence-corrected chi connectivity index (χ4v) is 1.99. The first-order chi connectivity index (χ1) is 9.45. The quantitative estimate of drug-likeness (QED) is 0.916. The van der Waals surface area contributed by atoms with Crippen LogP contribution < -0.4 is 5.32 Å². The number of aromatic nitrogens is 3. The van der Waals surface area contributed by atoms with E-state index in [1.165, 1.54) is 5.56 Å². The first-order valence-electron chi connectivity index (χ1n) is 6.90. The lowest BCUT2D eigenvalue weighted by Gasteiger charge is -2.13. The minimum absolute atomic E-state index is 0.374. The Kier molecular flexibility index (Phi) is 4.78. The molecule has 2 aromatic heterocycles. The Hall–Kier alpha value is -1.39. The van der Waals surface area contributed by atoms with Gasteiger partial charge in [0.2, 0.25) is 0 Å². The van der Waals surface area contributed by atoms with Gasteiger partial charge in [0.25, 0.3) is 0 Å². The molecule has 108 valence electrons. The Morgan fingerprint density at radius 2 is 2.00 bits per heavy atom. The van der Waals surface area contributed by atoms with E-state index in [-0.39, 0.29) is 0 Å². The van der Waals surface area contributed by atoms with Crippen LogP contribution >= 0.6 is 11.6 Å². The Bertz CT molecular complexity index is 575. The second-order valence-electron chi connectivity index (χ2n) is 5.55. The largest absolute Gasteiger partial charge is 0.310 e. The van der Waals surface area contributed by atoms with E-state index in [9.17, 15) is 0 Å². The standard InChI is InChI=1S/C15H21ClN4/c1-10(2)14-5-12(7-17-11(3)4)6-15(19-14)20-9-13(16)8-18-20/h5-6,8-11,17H,7H2,1-4H3. The Balaban J connectivity index is 2.35. The normalized spacial score (nSPS) is 11.6. The van der Waals surface area contributed by atoms with E-state index in [4.69, 9.17) is 11.6 Å². The van der Waals surface area contributed by atoms with Gasteiger partial charge in [0.1, 0.15) is 0 Å². The van der Waals surface area contributed by atoms with Gasteiger partial charge in [-0.15, -0.1) is 0 Å². The molecule has 0 fully saturated rings. The summed E-state index contributed by atoms with van der Waals surface area (Å²) in [6.45, 7) is 9.38. The van der Waals surface area contributed by atoms with Crippen LogP contribution in [0.15, 0.2) is 24.5 Å². The van der Waals surface area contributed by atoms with Crippen LogP contribution in [0, 0.1) is 0 Å². The van der Waals surface area contributed by atoms with E-state index >= 15 is 0 Å². The summed E-state index contributed by atoms with van der Waals surface area (Å²) < 4.78 is 1.72. The third-order valence-corrected chi connectivity index (χ3v) is 3.18. The fourth-order valence-electron chi connectivity index (χ4n) is 1.86. The first-order valence-corrected chi connectivity index (χ1v) is 7.28. The van der Waals surface area contributed by atoms with Crippen molar-refractivity contribution in [2.75, 3.05) is 0 Å². The van der Waals surface area contributed by atoms with Crippen molar-refractivity contribution in [3.05, 3.63) is 40.8 Å². The topological polar surface area (TPSA) is 42.7 Å². The number of hydrogen-bond acceptors (Lipinski definition) is 3. The maximum Gasteiger partial charge on any atom is 0.153 e. The van der Waals surface area contributed by atoms with E-state index in [1.54, 1.807) is 17.1 Å². The molecule has 0 bridgehead atoms. The van der Waals surface area contributed by atoms with Gasteiger partial charge in [-0.1, -0.05) is 39.3 Å². The summed E-state index contributed by atoms with van der Waals surface area (Å²) in [5, 5.41) is 8.27. The van der Waals surface area contributed by atoms with E-state index in [2.05, 4.69) is 49.2 Å². The molecule has 0 amide bonds. The van der Waals surface area contributed by atoms with Gasteiger partial charge in [0.05, 0.1) is 17.4 Å². The molecule has 0 saturated heterocycles. The van der Waals surface area contributed by atoms with Crippen molar-refractivity contribution in [2.24, 2.45) is 0 Å². The first kappa shape index (κ1) is 15.0. The van der Waals surface area contributed by atoms with Gasteiger partial charge in [-0.2, -0.15) is 5.10 Å². The third-order valence-electron chi connectivity index (χ3n) is 2.98. The number of pyridine rings is 1. The highest BCUT2D eigenvalue weighted by atomic mass is 35.5. The average molecular weight is 293 g/mol. The van der Waals surface area contributed by atoms with Crippen LogP contribution in [0.4, 0.5) is 0 Å². The monoisotopic (exact) mass is 292 g/mol. The van der Waals surface area contributed by atoms with Gasteiger partial charge < -0.3 is 5.32 Å². The van der Waals surface area contributed by atoms with Crippen molar-refractivity contribution in [1.82, 2.24) is 20.1 Å². The van der Waals surface area contributed by atoms with Crippen LogP contribution in [0.25, 0.3) is 5.82 Å². The van der Waals surface area contributed by atoms with E-state index < -0.39 is 0 Å². The SMILES string of the molecule is CC(C)NCc1cc(C(C)C)nc(-n2cc(Cl)cn2)c1. The Morgan fingerprint density at radius 1 is 1.25 bits per heavy atom. The van der Waals surface area contributed by atoms with Gasteiger partial charge in [-0.25, -0.2) is 9.67 Å². The van der Waals surface area contributed by atoms with Crippen molar-refractivity contribution in [3.8, 4) is 5.82 Å². The lowest BCUT2D eigenvalue weighted by Crippen LogP contribution is -2.22. The molecule has 1 N–H and O–H groups in total. The lowest BCUT2D eigenvalue weighted by atomic mass is 10.1. The molecule has 0 aliphatic heterocycles. The molecular weight excluding hydrogens is 272 g/mol. The van der Waals surface area contributed by atoms with Gasteiger partial charge in [0, 0.05) is 18.3 Å². The van der Waals surface area contributed by atoms with Gasteiger partial charge in [-0.3, -0.25) is 0 Å². The van der Waals surface area contributed by atoms with Gasteiger partial charge >= 0.3 is 0 Å². The predicted molar refractivity (Wildman–Crippen MR) is 82.4 cm³/mol. The summed E-state index contributed by atoms with van der Waals surface area (Å²) in [4.78, 5) is 4.66. The van der Waals surface area contributed by atoms with Crippen molar-refractivity contribution in [1.29, 1.82) is 0 Å². The van der Waals surface area contributed by atoms with Crippen LogP contribution in [0.1, 0.15) is 44.9 Å². The summed E-state index contributed by atoms with van der Waals surface area (Å²) >= 11 is 5.93. The summed E-state index contributed by atoms with van der Waals surface area (Å²) in [6.07, 6.45) is 3.39. The zero-order chi connectivity index (χ0) is 14.7. The minimum atomic E-state index is 0.374. The zero-order valence-corrected chi connectivity index (χ0v) is 13.1.